The summed E-state index contributed by atoms with van der Waals surface area (Å²) in [5.41, 5.74) is 0. The molecule has 0 aromatic heterocycles. The number of nitrogens with zero attached hydrogens (tertiary/aromatic N) is 1. The molecule has 0 rings (SSSR count). The summed E-state index contributed by atoms with van der Waals surface area (Å²) in [6, 6.07) is -0.660. The van der Waals surface area contributed by atoms with Crippen molar-refractivity contribution in [1.82, 2.24) is 10.2 Å². The molecule has 0 aliphatic rings. The molecule has 0 aliphatic heterocycles. The van der Waals surface area contributed by atoms with Crippen LogP contribution < -0.4 is 5.32 Å². The number of hydrogen-bond acceptors (Lipinski definition) is 4. The Morgan fingerprint density at radius 1 is 1.29 bits per heavy atom. The summed E-state index contributed by atoms with van der Waals surface area (Å²) >= 11 is 0. The second kappa shape index (κ2) is 9.39. The number of aliphatic hydroxyl groups is 1. The monoisotopic (exact) mass is 246 g/mol. The average molecular weight is 246 g/mol. The molecule has 0 saturated carbocycles. The minimum absolute atomic E-state index is 0.539. The van der Waals surface area contributed by atoms with Crippen LogP contribution in [0, 0.1) is 0 Å². The van der Waals surface area contributed by atoms with Crippen molar-refractivity contribution in [3.8, 4) is 0 Å². The summed E-state index contributed by atoms with van der Waals surface area (Å²) in [6.45, 7) is 7.53. The largest absolute Gasteiger partial charge is 0.480 e. The van der Waals surface area contributed by atoms with Gasteiger partial charge in [-0.2, -0.15) is 0 Å². The first-order valence-electron chi connectivity index (χ1n) is 6.38. The number of hydrogen-bond donors (Lipinski definition) is 3. The number of rotatable bonds is 10. The lowest BCUT2D eigenvalue weighted by Gasteiger charge is -2.28. The number of carboxylic acids is 1. The molecule has 5 nitrogen and oxygen atoms in total. The van der Waals surface area contributed by atoms with Gasteiger partial charge in [-0.1, -0.05) is 19.8 Å². The van der Waals surface area contributed by atoms with Crippen molar-refractivity contribution in [1.29, 1.82) is 0 Å². The molecule has 0 aromatic carbocycles. The summed E-state index contributed by atoms with van der Waals surface area (Å²) in [5.74, 6) is -0.906. The molecule has 0 radical (unpaired) electrons. The maximum absolute atomic E-state index is 10.8. The van der Waals surface area contributed by atoms with E-state index in [-0.39, 0.29) is 0 Å². The lowest BCUT2D eigenvalue weighted by atomic mass is 10.2. The van der Waals surface area contributed by atoms with Gasteiger partial charge in [0.2, 0.25) is 0 Å². The molecule has 0 aliphatic carbocycles. The van der Waals surface area contributed by atoms with Crippen molar-refractivity contribution in [2.75, 3.05) is 19.6 Å². The Bertz CT molecular complexity index is 210. The highest BCUT2D eigenvalue weighted by molar-refractivity contribution is 5.72. The van der Waals surface area contributed by atoms with Crippen LogP contribution in [-0.4, -0.2) is 53.0 Å². The fourth-order valence-electron chi connectivity index (χ4n) is 1.68. The summed E-state index contributed by atoms with van der Waals surface area (Å²) in [7, 11) is 0. The van der Waals surface area contributed by atoms with Crippen LogP contribution in [0.2, 0.25) is 0 Å². The van der Waals surface area contributed by atoms with Crippen LogP contribution in [0.3, 0.4) is 0 Å². The standard InChI is InChI=1S/C12H26N2O3/c1-4-5-6-7-13-8-9-14(11(3)15)10(2)12(16)17/h10-11,13,15H,4-9H2,1-3H3,(H,16,17). The van der Waals surface area contributed by atoms with Gasteiger partial charge in [-0.25, -0.2) is 0 Å². The van der Waals surface area contributed by atoms with Gasteiger partial charge in [-0.15, -0.1) is 0 Å². The summed E-state index contributed by atoms with van der Waals surface area (Å²) in [5, 5.41) is 21.7. The molecule has 0 spiro atoms. The Kier molecular flexibility index (Phi) is 9.03. The van der Waals surface area contributed by atoms with Gasteiger partial charge in [-0.05, 0) is 26.8 Å². The van der Waals surface area contributed by atoms with Gasteiger partial charge in [-0.3, -0.25) is 9.69 Å². The third-order valence-electron chi connectivity index (χ3n) is 2.84. The molecule has 0 heterocycles. The smallest absolute Gasteiger partial charge is 0.320 e. The number of carbonyl (C=O) groups is 1. The average Bonchev–Trinajstić information content (AvgIpc) is 2.26. The number of nitrogens with one attached hydrogen (secondary N) is 1. The van der Waals surface area contributed by atoms with Crippen molar-refractivity contribution in [2.45, 2.75) is 52.3 Å². The lowest BCUT2D eigenvalue weighted by molar-refractivity contribution is -0.146. The van der Waals surface area contributed by atoms with E-state index in [1.165, 1.54) is 12.8 Å². The van der Waals surface area contributed by atoms with Gasteiger partial charge in [0.1, 0.15) is 12.3 Å². The molecular weight excluding hydrogens is 220 g/mol. The van der Waals surface area contributed by atoms with E-state index in [9.17, 15) is 9.90 Å². The predicted octanol–water partition coefficient (Wildman–Crippen LogP) is 0.880. The Morgan fingerprint density at radius 3 is 2.41 bits per heavy atom. The third-order valence-corrected chi connectivity index (χ3v) is 2.84. The zero-order valence-electron chi connectivity index (χ0n) is 11.1. The van der Waals surface area contributed by atoms with E-state index in [0.29, 0.717) is 13.1 Å². The van der Waals surface area contributed by atoms with Crippen LogP contribution in [0.4, 0.5) is 0 Å². The van der Waals surface area contributed by atoms with Crippen molar-refractivity contribution in [3.63, 3.8) is 0 Å². The van der Waals surface area contributed by atoms with E-state index in [2.05, 4.69) is 12.2 Å². The van der Waals surface area contributed by atoms with Gasteiger partial charge in [0.05, 0.1) is 0 Å². The van der Waals surface area contributed by atoms with E-state index in [0.717, 1.165) is 13.0 Å². The lowest BCUT2D eigenvalue weighted by Crippen LogP contribution is -2.47. The van der Waals surface area contributed by atoms with Crippen molar-refractivity contribution in [2.24, 2.45) is 0 Å². The maximum atomic E-state index is 10.8. The van der Waals surface area contributed by atoms with Crippen LogP contribution in [0.25, 0.3) is 0 Å². The predicted molar refractivity (Wildman–Crippen MR) is 67.9 cm³/mol. The highest BCUT2D eigenvalue weighted by Crippen LogP contribution is 2.03. The van der Waals surface area contributed by atoms with E-state index in [1.54, 1.807) is 18.7 Å². The summed E-state index contributed by atoms with van der Waals surface area (Å²) in [4.78, 5) is 12.4. The fourth-order valence-corrected chi connectivity index (χ4v) is 1.68. The molecule has 2 atom stereocenters. The maximum Gasteiger partial charge on any atom is 0.320 e. The number of carboxylic acid groups (broad SMARTS) is 1. The van der Waals surface area contributed by atoms with Gasteiger partial charge >= 0.3 is 5.97 Å². The van der Waals surface area contributed by atoms with Crippen molar-refractivity contribution >= 4 is 5.97 Å². The minimum atomic E-state index is -0.906. The molecule has 3 N–H and O–H groups in total. The zero-order chi connectivity index (χ0) is 13.3. The minimum Gasteiger partial charge on any atom is -0.480 e. The van der Waals surface area contributed by atoms with E-state index >= 15 is 0 Å². The van der Waals surface area contributed by atoms with Gasteiger partial charge < -0.3 is 15.5 Å². The van der Waals surface area contributed by atoms with Crippen LogP contribution in [-0.2, 0) is 4.79 Å². The van der Waals surface area contributed by atoms with Crippen LogP contribution in [0.1, 0.15) is 40.0 Å². The quantitative estimate of drug-likeness (QED) is 0.394. The van der Waals surface area contributed by atoms with Crippen LogP contribution in [0.15, 0.2) is 0 Å². The Morgan fingerprint density at radius 2 is 1.94 bits per heavy atom. The van der Waals surface area contributed by atoms with Crippen molar-refractivity contribution in [3.05, 3.63) is 0 Å². The summed E-state index contributed by atoms with van der Waals surface area (Å²) in [6.07, 6.45) is 2.80. The SMILES string of the molecule is CCCCCNCCN(C(C)O)C(C)C(=O)O. The number of aliphatic carboxylic acids is 1. The molecule has 17 heavy (non-hydrogen) atoms. The molecule has 0 amide bonds. The van der Waals surface area contributed by atoms with Crippen LogP contribution >= 0.6 is 0 Å². The molecule has 0 saturated heterocycles. The molecule has 0 bridgehead atoms. The molecular formula is C12H26N2O3. The normalized spacial score (nSPS) is 14.9. The second-order valence-corrected chi connectivity index (χ2v) is 4.34. The Labute approximate surface area is 104 Å². The van der Waals surface area contributed by atoms with E-state index in [4.69, 9.17) is 5.11 Å². The van der Waals surface area contributed by atoms with Crippen LogP contribution in [0.5, 0.6) is 0 Å². The number of aliphatic hydroxyl groups excluding tert-OH is 1. The molecule has 102 valence electrons. The highest BCUT2D eigenvalue weighted by Gasteiger charge is 2.23. The molecule has 0 fully saturated rings. The topological polar surface area (TPSA) is 72.8 Å². The Balaban J connectivity index is 3.82. The first-order chi connectivity index (χ1) is 8.00. The number of unbranched alkanes of at least 4 members (excludes halogenated alkanes) is 2. The fraction of sp³-hybridized carbons (Fsp3) is 0.917. The van der Waals surface area contributed by atoms with Crippen molar-refractivity contribution < 1.29 is 15.0 Å². The molecule has 0 aromatic rings. The molecule has 2 unspecified atom stereocenters. The van der Waals surface area contributed by atoms with E-state index < -0.39 is 18.2 Å². The molecule has 5 heteroatoms. The van der Waals surface area contributed by atoms with E-state index in [1.807, 2.05) is 0 Å². The Hall–Kier alpha value is -0.650. The highest BCUT2D eigenvalue weighted by atomic mass is 16.4. The van der Waals surface area contributed by atoms with Gasteiger partial charge in [0.15, 0.2) is 0 Å². The third kappa shape index (κ3) is 7.31. The van der Waals surface area contributed by atoms with Gasteiger partial charge in [0, 0.05) is 13.1 Å². The summed E-state index contributed by atoms with van der Waals surface area (Å²) < 4.78 is 0. The first-order valence-corrected chi connectivity index (χ1v) is 6.38. The second-order valence-electron chi connectivity index (χ2n) is 4.34. The van der Waals surface area contributed by atoms with Gasteiger partial charge in [0.25, 0.3) is 0 Å². The first kappa shape index (κ1) is 16.4. The zero-order valence-corrected chi connectivity index (χ0v) is 11.1.